The van der Waals surface area contributed by atoms with Crippen LogP contribution in [0.3, 0.4) is 0 Å². The topological polar surface area (TPSA) is 66.5 Å². The first-order valence-electron chi connectivity index (χ1n) is 8.96. The van der Waals surface area contributed by atoms with E-state index in [1.54, 1.807) is 36.4 Å². The van der Waals surface area contributed by atoms with Crippen molar-refractivity contribution in [2.75, 3.05) is 16.2 Å². The first-order chi connectivity index (χ1) is 14.3. The van der Waals surface area contributed by atoms with E-state index >= 15 is 0 Å². The van der Waals surface area contributed by atoms with Crippen molar-refractivity contribution in [1.29, 1.82) is 0 Å². The Bertz CT molecular complexity index is 1290. The third kappa shape index (κ3) is 3.36. The van der Waals surface area contributed by atoms with Gasteiger partial charge in [-0.05, 0) is 42.5 Å². The molecule has 0 fully saturated rings. The molecule has 8 heteroatoms. The summed E-state index contributed by atoms with van der Waals surface area (Å²) in [6, 6.07) is 15.3. The van der Waals surface area contributed by atoms with Gasteiger partial charge in [0.05, 0.1) is 22.2 Å². The van der Waals surface area contributed by atoms with E-state index in [1.165, 1.54) is 34.6 Å². The summed E-state index contributed by atoms with van der Waals surface area (Å²) >= 11 is 5.77. The summed E-state index contributed by atoms with van der Waals surface area (Å²) in [6.45, 7) is 3.75. The second-order valence-corrected chi connectivity index (χ2v) is 8.87. The molecule has 1 aliphatic rings. The third-order valence-electron chi connectivity index (χ3n) is 4.75. The number of rotatable bonds is 4. The fourth-order valence-electron chi connectivity index (χ4n) is 3.36. The minimum absolute atomic E-state index is 0.0996. The Morgan fingerprint density at radius 1 is 1.10 bits per heavy atom. The van der Waals surface area contributed by atoms with Crippen LogP contribution in [-0.2, 0) is 10.0 Å². The normalized spacial score (nSPS) is 13.9. The number of carbonyl (C=O) groups excluding carboxylic acids is 1. The minimum Gasteiger partial charge on any atom is -0.322 e. The lowest BCUT2D eigenvalue weighted by molar-refractivity contribution is 0.102. The maximum absolute atomic E-state index is 13.3. The van der Waals surface area contributed by atoms with Crippen LogP contribution < -0.4 is 9.62 Å². The van der Waals surface area contributed by atoms with Crippen LogP contribution in [0.1, 0.15) is 10.4 Å². The number of halogens is 2. The van der Waals surface area contributed by atoms with E-state index < -0.39 is 21.7 Å². The molecule has 0 bridgehead atoms. The van der Waals surface area contributed by atoms with Crippen LogP contribution in [0.25, 0.3) is 11.1 Å². The summed E-state index contributed by atoms with van der Waals surface area (Å²) in [5.41, 5.74) is 2.27. The second-order valence-electron chi connectivity index (χ2n) is 6.64. The Balaban J connectivity index is 1.78. The molecule has 152 valence electrons. The molecule has 1 aliphatic heterocycles. The lowest BCUT2D eigenvalue weighted by atomic mass is 10.00. The van der Waals surface area contributed by atoms with Gasteiger partial charge in [0, 0.05) is 22.4 Å². The van der Waals surface area contributed by atoms with Crippen molar-refractivity contribution in [2.45, 2.75) is 4.90 Å². The first kappa shape index (κ1) is 20.1. The van der Waals surface area contributed by atoms with Crippen LogP contribution in [0.2, 0.25) is 5.02 Å². The quantitative estimate of drug-likeness (QED) is 0.572. The van der Waals surface area contributed by atoms with Crippen LogP contribution in [0.4, 0.5) is 15.8 Å². The average molecular weight is 443 g/mol. The molecule has 0 saturated carbocycles. The van der Waals surface area contributed by atoms with Crippen LogP contribution in [0, 0.1) is 5.82 Å². The number of hydrogen-bond acceptors (Lipinski definition) is 3. The van der Waals surface area contributed by atoms with Crippen molar-refractivity contribution in [3.63, 3.8) is 0 Å². The van der Waals surface area contributed by atoms with Crippen molar-refractivity contribution < 1.29 is 17.6 Å². The highest BCUT2D eigenvalue weighted by atomic mass is 35.5. The smallest absolute Gasteiger partial charge is 0.265 e. The summed E-state index contributed by atoms with van der Waals surface area (Å²) < 4.78 is 40.7. The number of benzene rings is 3. The molecule has 0 saturated heterocycles. The van der Waals surface area contributed by atoms with Gasteiger partial charge < -0.3 is 5.32 Å². The maximum atomic E-state index is 13.3. The zero-order chi connectivity index (χ0) is 21.5. The molecule has 3 aromatic carbocycles. The molecule has 3 aromatic rings. The Kier molecular flexibility index (Phi) is 5.09. The first-order valence-corrected chi connectivity index (χ1v) is 10.8. The highest BCUT2D eigenvalue weighted by Gasteiger charge is 2.34. The molecule has 30 heavy (non-hydrogen) atoms. The van der Waals surface area contributed by atoms with E-state index in [4.69, 9.17) is 11.6 Å². The molecule has 4 rings (SSSR count). The van der Waals surface area contributed by atoms with E-state index in [2.05, 4.69) is 11.9 Å². The molecule has 0 spiro atoms. The van der Waals surface area contributed by atoms with Crippen molar-refractivity contribution >= 4 is 38.9 Å². The van der Waals surface area contributed by atoms with E-state index in [0.717, 1.165) is 0 Å². The van der Waals surface area contributed by atoms with Gasteiger partial charge in [-0.2, -0.15) is 0 Å². The number of sulfonamides is 1. The molecule has 5 nitrogen and oxygen atoms in total. The maximum Gasteiger partial charge on any atom is 0.265 e. The summed E-state index contributed by atoms with van der Waals surface area (Å²) in [7, 11) is -3.74. The molecule has 1 amide bonds. The Morgan fingerprint density at radius 3 is 2.60 bits per heavy atom. The van der Waals surface area contributed by atoms with Gasteiger partial charge in [0.1, 0.15) is 5.82 Å². The predicted molar refractivity (Wildman–Crippen MR) is 116 cm³/mol. The molecule has 0 aliphatic carbocycles. The van der Waals surface area contributed by atoms with Crippen LogP contribution >= 0.6 is 11.6 Å². The summed E-state index contributed by atoms with van der Waals surface area (Å²) in [6.07, 6.45) is 1.51. The summed E-state index contributed by atoms with van der Waals surface area (Å²) in [5, 5.41) is 2.57. The van der Waals surface area contributed by atoms with Crippen LogP contribution in [0.5, 0.6) is 0 Å². The largest absolute Gasteiger partial charge is 0.322 e. The van der Waals surface area contributed by atoms with Gasteiger partial charge in [-0.1, -0.05) is 35.9 Å². The van der Waals surface area contributed by atoms with Gasteiger partial charge in [0.25, 0.3) is 15.9 Å². The lowest BCUT2D eigenvalue weighted by Gasteiger charge is -2.31. The van der Waals surface area contributed by atoms with E-state index in [-0.39, 0.29) is 16.5 Å². The van der Waals surface area contributed by atoms with Crippen LogP contribution in [-0.4, -0.2) is 20.9 Å². The summed E-state index contributed by atoms with van der Waals surface area (Å²) in [4.78, 5) is 12.9. The minimum atomic E-state index is -3.74. The van der Waals surface area contributed by atoms with Gasteiger partial charge in [0.2, 0.25) is 0 Å². The lowest BCUT2D eigenvalue weighted by Crippen LogP contribution is -2.34. The van der Waals surface area contributed by atoms with Gasteiger partial charge in [-0.15, -0.1) is 6.58 Å². The molecular weight excluding hydrogens is 427 g/mol. The van der Waals surface area contributed by atoms with Crippen molar-refractivity contribution in [3.8, 4) is 11.1 Å². The SMILES string of the molecule is C=CCN1c2ccc(C(=O)Nc3ccc(F)c(Cl)c3)cc2-c2ccccc2S1(=O)=O. The number of fused-ring (bicyclic) bond motifs is 3. The second kappa shape index (κ2) is 7.59. The number of anilines is 2. The van der Waals surface area contributed by atoms with E-state index in [1.807, 2.05) is 0 Å². The molecule has 0 radical (unpaired) electrons. The molecule has 1 heterocycles. The Morgan fingerprint density at radius 2 is 1.87 bits per heavy atom. The molecule has 1 N–H and O–H groups in total. The predicted octanol–water partition coefficient (Wildman–Crippen LogP) is 5.09. The Labute approximate surface area is 178 Å². The fourth-order valence-corrected chi connectivity index (χ4v) is 5.21. The van der Waals surface area contributed by atoms with Gasteiger partial charge >= 0.3 is 0 Å². The van der Waals surface area contributed by atoms with Gasteiger partial charge in [-0.3, -0.25) is 9.10 Å². The van der Waals surface area contributed by atoms with Crippen molar-refractivity contribution in [1.82, 2.24) is 0 Å². The number of carbonyl (C=O) groups is 1. The summed E-state index contributed by atoms with van der Waals surface area (Å²) in [5.74, 6) is -1.01. The number of nitrogens with zero attached hydrogens (tertiary/aromatic N) is 1. The number of amides is 1. The Hall–Kier alpha value is -3.16. The molecule has 0 atom stereocenters. The van der Waals surface area contributed by atoms with E-state index in [9.17, 15) is 17.6 Å². The third-order valence-corrected chi connectivity index (χ3v) is 6.87. The average Bonchev–Trinajstić information content (AvgIpc) is 2.73. The number of hydrogen-bond donors (Lipinski definition) is 1. The van der Waals surface area contributed by atoms with Crippen molar-refractivity contribution in [3.05, 3.63) is 89.7 Å². The zero-order valence-corrected chi connectivity index (χ0v) is 17.2. The highest BCUT2D eigenvalue weighted by Crippen LogP contribution is 2.43. The van der Waals surface area contributed by atoms with Crippen LogP contribution in [0.15, 0.2) is 78.2 Å². The zero-order valence-electron chi connectivity index (χ0n) is 15.6. The van der Waals surface area contributed by atoms with Gasteiger partial charge in [0.15, 0.2) is 0 Å². The molecular formula is C22H16ClFN2O3S. The molecule has 0 unspecified atom stereocenters. The fraction of sp³-hybridized carbons (Fsp3) is 0.0455. The molecule has 0 aromatic heterocycles. The highest BCUT2D eigenvalue weighted by molar-refractivity contribution is 7.93. The van der Waals surface area contributed by atoms with Gasteiger partial charge in [-0.25, -0.2) is 12.8 Å². The van der Waals surface area contributed by atoms with Crippen molar-refractivity contribution in [2.24, 2.45) is 0 Å². The standard InChI is InChI=1S/C22H16ClFN2O3S/c1-2-11-26-20-10-7-14(22(27)25-15-8-9-19(24)18(23)13-15)12-17(20)16-5-3-4-6-21(16)30(26,28)29/h2-10,12-13H,1,11H2,(H,25,27). The van der Waals surface area contributed by atoms with E-state index in [0.29, 0.717) is 28.1 Å². The number of nitrogens with one attached hydrogen (secondary N) is 1. The monoisotopic (exact) mass is 442 g/mol.